The Morgan fingerprint density at radius 2 is 1.27 bits per heavy atom. The zero-order valence-electron chi connectivity index (χ0n) is 17.0. The minimum atomic E-state index is -0.0908. The topological polar surface area (TPSA) is 63.4 Å². The molecule has 2 rings (SSSR count). The quantitative estimate of drug-likeness (QED) is 0.442. The third-order valence-electron chi connectivity index (χ3n) is 4.81. The van der Waals surface area contributed by atoms with E-state index in [1.54, 1.807) is 0 Å². The summed E-state index contributed by atoms with van der Waals surface area (Å²) in [4.78, 5) is 20.2. The van der Waals surface area contributed by atoms with E-state index >= 15 is 0 Å². The van der Waals surface area contributed by atoms with E-state index < -0.39 is 0 Å². The van der Waals surface area contributed by atoms with Gasteiger partial charge in [-0.25, -0.2) is 15.0 Å². The molecule has 1 aromatic rings. The first-order valence-corrected chi connectivity index (χ1v) is 10.4. The van der Waals surface area contributed by atoms with Gasteiger partial charge in [0.15, 0.2) is 0 Å². The summed E-state index contributed by atoms with van der Waals surface area (Å²) in [7, 11) is 0. The highest BCUT2D eigenvalue weighted by atomic mass is 15.1. The molecule has 0 saturated carbocycles. The summed E-state index contributed by atoms with van der Waals surface area (Å²) in [5, 5.41) is 0. The van der Waals surface area contributed by atoms with Crippen molar-refractivity contribution in [3.8, 4) is 0 Å². The second-order valence-electron chi connectivity index (χ2n) is 6.92. The number of hydrogen-bond acceptors (Lipinski definition) is 5. The second kappa shape index (κ2) is 14.5. The summed E-state index contributed by atoms with van der Waals surface area (Å²) >= 11 is 0. The Kier molecular flexibility index (Phi) is 12.5. The molecule has 0 bridgehead atoms. The number of nitrogens with zero attached hydrogens (tertiary/aromatic N) is 5. The van der Waals surface area contributed by atoms with Crippen molar-refractivity contribution in [2.75, 3.05) is 0 Å². The van der Waals surface area contributed by atoms with E-state index in [2.05, 4.69) is 40.7 Å². The predicted octanol–water partition coefficient (Wildman–Crippen LogP) is 5.82. The monoisotopic (exact) mass is 359 g/mol. The van der Waals surface area contributed by atoms with Crippen LogP contribution in [0.2, 0.25) is 0 Å². The first-order chi connectivity index (χ1) is 12.8. The molecule has 5 nitrogen and oxygen atoms in total. The number of aromatic nitrogens is 3. The van der Waals surface area contributed by atoms with Gasteiger partial charge < -0.3 is 0 Å². The zero-order valence-corrected chi connectivity index (χ0v) is 17.0. The highest BCUT2D eigenvalue weighted by Crippen LogP contribution is 2.29. The summed E-state index contributed by atoms with van der Waals surface area (Å²) in [5.41, 5.74) is 1.09. The van der Waals surface area contributed by atoms with Gasteiger partial charge in [0.1, 0.15) is 24.6 Å². The molecule has 2 heterocycles. The van der Waals surface area contributed by atoms with Crippen molar-refractivity contribution in [1.29, 1.82) is 0 Å². The van der Waals surface area contributed by atoms with Crippen LogP contribution in [-0.4, -0.2) is 32.5 Å². The molecular weight excluding hydrogens is 322 g/mol. The van der Waals surface area contributed by atoms with Gasteiger partial charge in [0.05, 0.1) is 5.71 Å². The molecule has 1 aromatic heterocycles. The molecule has 0 spiro atoms. The Balaban J connectivity index is 0.000000472. The third-order valence-corrected chi connectivity index (χ3v) is 4.81. The maximum absolute atomic E-state index is 4.82. The van der Waals surface area contributed by atoms with Gasteiger partial charge >= 0.3 is 0 Å². The standard InChI is InChI=1S/C18H34N2.C3H3N3/c1-4-7-8-9-10-11-12-13-14-15-18(6-3)19-16-17(5-2)20-18;1-4-2-6-3-5-1/h16H,4-15H2,1-3H3;1-3H. The Hall–Kier alpha value is -1.65. The van der Waals surface area contributed by atoms with Crippen LogP contribution in [0.5, 0.6) is 0 Å². The lowest BCUT2D eigenvalue weighted by Crippen LogP contribution is -2.20. The van der Waals surface area contributed by atoms with Crippen molar-refractivity contribution >= 4 is 11.9 Å². The largest absolute Gasteiger partial charge is 0.262 e. The van der Waals surface area contributed by atoms with E-state index in [-0.39, 0.29) is 5.66 Å². The van der Waals surface area contributed by atoms with Crippen LogP contribution >= 0.6 is 0 Å². The van der Waals surface area contributed by atoms with E-state index in [0.29, 0.717) is 0 Å². The van der Waals surface area contributed by atoms with Gasteiger partial charge in [-0.05, 0) is 25.7 Å². The van der Waals surface area contributed by atoms with Crippen molar-refractivity contribution in [2.45, 2.75) is 103 Å². The van der Waals surface area contributed by atoms with Crippen molar-refractivity contribution in [1.82, 2.24) is 15.0 Å². The fourth-order valence-corrected chi connectivity index (χ4v) is 3.08. The number of unbranched alkanes of at least 4 members (excludes halogenated alkanes) is 8. The van der Waals surface area contributed by atoms with E-state index in [1.807, 2.05) is 6.21 Å². The van der Waals surface area contributed by atoms with Crippen molar-refractivity contribution in [3.05, 3.63) is 19.0 Å². The molecule has 26 heavy (non-hydrogen) atoms. The molecule has 0 amide bonds. The van der Waals surface area contributed by atoms with Gasteiger partial charge in [0, 0.05) is 6.21 Å². The summed E-state index contributed by atoms with van der Waals surface area (Å²) in [6.07, 6.45) is 22.0. The average molecular weight is 360 g/mol. The molecule has 146 valence electrons. The van der Waals surface area contributed by atoms with Crippen LogP contribution in [0, 0.1) is 0 Å². The highest BCUT2D eigenvalue weighted by molar-refractivity contribution is 6.31. The number of hydrogen-bond donors (Lipinski definition) is 0. The molecule has 0 aromatic carbocycles. The van der Waals surface area contributed by atoms with Gasteiger partial charge in [-0.1, -0.05) is 72.1 Å². The van der Waals surface area contributed by atoms with Crippen LogP contribution in [0.25, 0.3) is 0 Å². The predicted molar refractivity (Wildman–Crippen MR) is 111 cm³/mol. The lowest BCUT2D eigenvalue weighted by molar-refractivity contribution is 0.387. The maximum atomic E-state index is 4.82. The first-order valence-electron chi connectivity index (χ1n) is 10.4. The van der Waals surface area contributed by atoms with E-state index in [0.717, 1.165) is 19.3 Å². The minimum absolute atomic E-state index is 0.0908. The molecule has 1 unspecified atom stereocenters. The number of rotatable bonds is 12. The average Bonchev–Trinajstić information content (AvgIpc) is 3.13. The Labute approximate surface area is 159 Å². The molecule has 0 aliphatic carbocycles. The molecule has 1 aliphatic rings. The molecule has 0 fully saturated rings. The van der Waals surface area contributed by atoms with Crippen molar-refractivity contribution in [3.63, 3.8) is 0 Å². The van der Waals surface area contributed by atoms with E-state index in [9.17, 15) is 0 Å². The normalized spacial score (nSPS) is 18.3. The summed E-state index contributed by atoms with van der Waals surface area (Å²) in [6, 6.07) is 0. The van der Waals surface area contributed by atoms with Crippen LogP contribution in [-0.2, 0) is 0 Å². The Morgan fingerprint density at radius 1 is 0.731 bits per heavy atom. The fraction of sp³-hybridized carbons (Fsp3) is 0.762. The van der Waals surface area contributed by atoms with Crippen LogP contribution in [0.1, 0.15) is 97.8 Å². The Morgan fingerprint density at radius 3 is 1.69 bits per heavy atom. The smallest absolute Gasteiger partial charge is 0.150 e. The summed E-state index contributed by atoms with van der Waals surface area (Å²) in [6.45, 7) is 6.66. The molecule has 1 aliphatic heterocycles. The minimum Gasteiger partial charge on any atom is -0.262 e. The molecule has 0 saturated heterocycles. The summed E-state index contributed by atoms with van der Waals surface area (Å²) in [5.74, 6) is 0. The van der Waals surface area contributed by atoms with Crippen LogP contribution in [0.15, 0.2) is 29.0 Å². The number of aliphatic imine (C=N–C) groups is 2. The van der Waals surface area contributed by atoms with E-state index in [1.165, 1.54) is 82.5 Å². The van der Waals surface area contributed by atoms with E-state index in [4.69, 9.17) is 4.99 Å². The van der Waals surface area contributed by atoms with Gasteiger partial charge in [-0.3, -0.25) is 9.98 Å². The van der Waals surface area contributed by atoms with Gasteiger partial charge in [0.25, 0.3) is 0 Å². The first kappa shape index (κ1) is 22.4. The third kappa shape index (κ3) is 9.73. The van der Waals surface area contributed by atoms with Crippen molar-refractivity contribution in [2.24, 2.45) is 9.98 Å². The fourth-order valence-electron chi connectivity index (χ4n) is 3.08. The second-order valence-corrected chi connectivity index (χ2v) is 6.92. The van der Waals surface area contributed by atoms with Crippen LogP contribution < -0.4 is 0 Å². The SMILES string of the molecule is CCCCCCCCCCCC1(CC)N=CC(CC)=N1.c1ncncn1. The molecule has 5 heteroatoms. The van der Waals surface area contributed by atoms with Crippen LogP contribution in [0.4, 0.5) is 0 Å². The zero-order chi connectivity index (χ0) is 18.9. The molecule has 0 radical (unpaired) electrons. The highest BCUT2D eigenvalue weighted by Gasteiger charge is 2.28. The van der Waals surface area contributed by atoms with Gasteiger partial charge in [-0.15, -0.1) is 0 Å². The molecule has 0 N–H and O–H groups in total. The lowest BCUT2D eigenvalue weighted by atomic mass is 9.99. The summed E-state index contributed by atoms with van der Waals surface area (Å²) < 4.78 is 0. The van der Waals surface area contributed by atoms with Gasteiger partial charge in [-0.2, -0.15) is 0 Å². The maximum Gasteiger partial charge on any atom is 0.150 e. The molecule has 1 atom stereocenters. The molecular formula is C21H37N5. The van der Waals surface area contributed by atoms with Crippen molar-refractivity contribution < 1.29 is 0 Å². The lowest BCUT2D eigenvalue weighted by Gasteiger charge is -2.21. The van der Waals surface area contributed by atoms with Gasteiger partial charge in [0.2, 0.25) is 0 Å². The van der Waals surface area contributed by atoms with Crippen LogP contribution in [0.3, 0.4) is 0 Å². The Bertz CT molecular complexity index is 474.